The van der Waals surface area contributed by atoms with E-state index in [-0.39, 0.29) is 29.9 Å². The number of benzene rings is 1. The molecule has 0 heterocycles. The Balaban J connectivity index is 0.00000784. The summed E-state index contributed by atoms with van der Waals surface area (Å²) in [6.07, 6.45) is -0.441. The fourth-order valence-electron chi connectivity index (χ4n) is 2.18. The van der Waals surface area contributed by atoms with E-state index in [0.717, 1.165) is 12.1 Å². The van der Waals surface area contributed by atoms with E-state index in [1.54, 1.807) is 31.1 Å². The van der Waals surface area contributed by atoms with Crippen LogP contribution in [-0.4, -0.2) is 62.2 Å². The van der Waals surface area contributed by atoms with Crippen LogP contribution in [0.4, 0.5) is 4.79 Å². The average molecular weight is 519 g/mol. The molecule has 0 saturated carbocycles. The number of carbonyl (C=O) groups excluding carboxylic acids is 2. The van der Waals surface area contributed by atoms with Gasteiger partial charge in [-0.2, -0.15) is 0 Å². The van der Waals surface area contributed by atoms with Crippen LogP contribution in [0.15, 0.2) is 29.3 Å². The minimum Gasteiger partial charge on any atom is -0.444 e. The van der Waals surface area contributed by atoms with Gasteiger partial charge in [-0.3, -0.25) is 4.79 Å². The van der Waals surface area contributed by atoms with Crippen LogP contribution in [0.2, 0.25) is 0 Å². The topological polar surface area (TPSA) is 95.1 Å². The first-order chi connectivity index (χ1) is 13.1. The van der Waals surface area contributed by atoms with Gasteiger partial charge in [0.1, 0.15) is 5.60 Å². The molecule has 164 valence electrons. The molecule has 8 nitrogen and oxygen atoms in total. The van der Waals surface area contributed by atoms with Gasteiger partial charge in [0.05, 0.1) is 6.54 Å². The summed E-state index contributed by atoms with van der Waals surface area (Å²) < 4.78 is 5.19. The Labute approximate surface area is 190 Å². The Morgan fingerprint density at radius 3 is 2.14 bits per heavy atom. The highest BCUT2D eigenvalue weighted by Gasteiger charge is 2.15. The van der Waals surface area contributed by atoms with Crippen molar-refractivity contribution in [2.75, 3.05) is 33.7 Å². The van der Waals surface area contributed by atoms with Gasteiger partial charge >= 0.3 is 6.09 Å². The molecular formula is C20H34IN5O3. The van der Waals surface area contributed by atoms with Crippen molar-refractivity contribution in [3.8, 4) is 0 Å². The maximum Gasteiger partial charge on any atom is 0.407 e. The molecule has 3 N–H and O–H groups in total. The van der Waals surface area contributed by atoms with E-state index >= 15 is 0 Å². The highest BCUT2D eigenvalue weighted by Crippen LogP contribution is 2.08. The fourth-order valence-corrected chi connectivity index (χ4v) is 2.18. The monoisotopic (exact) mass is 519 g/mol. The van der Waals surface area contributed by atoms with Crippen molar-refractivity contribution in [3.63, 3.8) is 0 Å². The molecule has 0 unspecified atom stereocenters. The molecule has 0 radical (unpaired) electrons. The number of aliphatic imine (C=N–C) groups is 1. The summed E-state index contributed by atoms with van der Waals surface area (Å²) in [5.74, 6) is 0.629. The number of ether oxygens (including phenoxy) is 1. The Kier molecular flexibility index (Phi) is 12.3. The number of nitrogens with one attached hydrogen (secondary N) is 3. The predicted molar refractivity (Wildman–Crippen MR) is 127 cm³/mol. The summed E-state index contributed by atoms with van der Waals surface area (Å²) in [5, 5.41) is 9.01. The van der Waals surface area contributed by atoms with E-state index in [4.69, 9.17) is 4.74 Å². The molecule has 0 aromatic heterocycles. The van der Waals surface area contributed by atoms with Crippen molar-refractivity contribution < 1.29 is 14.3 Å². The van der Waals surface area contributed by atoms with Crippen LogP contribution in [0.3, 0.4) is 0 Å². The lowest BCUT2D eigenvalue weighted by atomic mass is 10.1. The average Bonchev–Trinajstić information content (AvgIpc) is 2.61. The van der Waals surface area contributed by atoms with E-state index in [1.165, 1.54) is 0 Å². The second kappa shape index (κ2) is 13.2. The van der Waals surface area contributed by atoms with Crippen LogP contribution in [-0.2, 0) is 11.3 Å². The van der Waals surface area contributed by atoms with Crippen molar-refractivity contribution in [3.05, 3.63) is 35.4 Å². The first-order valence-corrected chi connectivity index (χ1v) is 9.42. The number of carbonyl (C=O) groups is 2. The van der Waals surface area contributed by atoms with Gasteiger partial charge in [-0.25, -0.2) is 9.79 Å². The van der Waals surface area contributed by atoms with Crippen LogP contribution in [0.1, 0.15) is 43.6 Å². The zero-order valence-corrected chi connectivity index (χ0v) is 20.5. The van der Waals surface area contributed by atoms with Crippen LogP contribution in [0, 0.1) is 0 Å². The molecule has 9 heteroatoms. The summed E-state index contributed by atoms with van der Waals surface area (Å²) in [4.78, 5) is 29.6. The van der Waals surface area contributed by atoms with E-state index < -0.39 is 11.7 Å². The number of hydrogen-bond acceptors (Lipinski definition) is 4. The molecule has 29 heavy (non-hydrogen) atoms. The third-order valence-corrected chi connectivity index (χ3v) is 3.46. The molecule has 0 saturated heterocycles. The van der Waals surface area contributed by atoms with Crippen molar-refractivity contribution in [2.24, 2.45) is 4.99 Å². The van der Waals surface area contributed by atoms with Gasteiger partial charge in [-0.1, -0.05) is 12.1 Å². The molecule has 0 aliphatic carbocycles. The molecule has 1 aromatic carbocycles. The molecule has 0 bridgehead atoms. The lowest BCUT2D eigenvalue weighted by Crippen LogP contribution is -2.42. The number of guanidine groups is 1. The van der Waals surface area contributed by atoms with Gasteiger partial charge < -0.3 is 25.6 Å². The minimum absolute atomic E-state index is 0. The van der Waals surface area contributed by atoms with Crippen LogP contribution >= 0.6 is 24.0 Å². The standard InChI is InChI=1S/C20H33N5O3.HI/c1-7-21-18(22-12-13-23-19(27)28-20(2,3)4)24-14-15-8-10-16(11-9-15)17(26)25(5)6;/h8-11H,7,12-14H2,1-6H3,(H,23,27)(H2,21,22,24);1H. The normalized spacial score (nSPS) is 11.2. The number of rotatable bonds is 7. The number of halogens is 1. The van der Waals surface area contributed by atoms with Gasteiger partial charge in [0.25, 0.3) is 5.91 Å². The molecule has 0 aliphatic rings. The van der Waals surface area contributed by atoms with E-state index in [1.807, 2.05) is 39.8 Å². The third-order valence-electron chi connectivity index (χ3n) is 3.46. The molecule has 2 amide bonds. The Morgan fingerprint density at radius 1 is 1.03 bits per heavy atom. The first kappa shape index (κ1) is 27.0. The van der Waals surface area contributed by atoms with Crippen molar-refractivity contribution in [2.45, 2.75) is 39.8 Å². The van der Waals surface area contributed by atoms with Gasteiger partial charge in [-0.05, 0) is 45.4 Å². The molecule has 0 aliphatic heterocycles. The maximum absolute atomic E-state index is 11.9. The molecule has 0 atom stereocenters. The van der Waals surface area contributed by atoms with Crippen LogP contribution in [0.25, 0.3) is 0 Å². The summed E-state index contributed by atoms with van der Waals surface area (Å²) in [6, 6.07) is 7.40. The van der Waals surface area contributed by atoms with E-state index in [0.29, 0.717) is 31.2 Å². The Morgan fingerprint density at radius 2 is 1.62 bits per heavy atom. The van der Waals surface area contributed by atoms with E-state index in [2.05, 4.69) is 20.9 Å². The highest BCUT2D eigenvalue weighted by atomic mass is 127. The molecule has 0 fully saturated rings. The molecule has 1 aromatic rings. The quantitative estimate of drug-likeness (QED) is 0.223. The molecule has 1 rings (SSSR count). The predicted octanol–water partition coefficient (Wildman–Crippen LogP) is 2.59. The highest BCUT2D eigenvalue weighted by molar-refractivity contribution is 14.0. The summed E-state index contributed by atoms with van der Waals surface area (Å²) >= 11 is 0. The van der Waals surface area contributed by atoms with Gasteiger partial charge in [0.15, 0.2) is 5.96 Å². The third kappa shape index (κ3) is 11.5. The molecular weight excluding hydrogens is 485 g/mol. The summed E-state index contributed by atoms with van der Waals surface area (Å²) in [6.45, 7) is 9.59. The SMILES string of the molecule is CCNC(=NCc1ccc(C(=O)N(C)C)cc1)NCCNC(=O)OC(C)(C)C.I. The van der Waals surface area contributed by atoms with Crippen LogP contribution < -0.4 is 16.0 Å². The number of amides is 2. The van der Waals surface area contributed by atoms with E-state index in [9.17, 15) is 9.59 Å². The van der Waals surface area contributed by atoms with Crippen molar-refractivity contribution >= 4 is 41.9 Å². The zero-order chi connectivity index (χ0) is 21.2. The lowest BCUT2D eigenvalue weighted by molar-refractivity contribution is 0.0528. The van der Waals surface area contributed by atoms with Gasteiger partial charge in [0.2, 0.25) is 0 Å². The molecule has 0 spiro atoms. The van der Waals surface area contributed by atoms with Crippen molar-refractivity contribution in [1.29, 1.82) is 0 Å². The van der Waals surface area contributed by atoms with Crippen molar-refractivity contribution in [1.82, 2.24) is 20.9 Å². The lowest BCUT2D eigenvalue weighted by Gasteiger charge is -2.19. The number of nitrogens with zero attached hydrogens (tertiary/aromatic N) is 2. The maximum atomic E-state index is 11.9. The largest absolute Gasteiger partial charge is 0.444 e. The fraction of sp³-hybridized carbons (Fsp3) is 0.550. The summed E-state index contributed by atoms with van der Waals surface area (Å²) in [7, 11) is 3.46. The Bertz CT molecular complexity index is 670. The minimum atomic E-state index is -0.513. The zero-order valence-electron chi connectivity index (χ0n) is 18.2. The Hall–Kier alpha value is -2.04. The van der Waals surface area contributed by atoms with Gasteiger partial charge in [0, 0.05) is 39.3 Å². The number of hydrogen-bond donors (Lipinski definition) is 3. The number of alkyl carbamates (subject to hydrolysis) is 1. The summed E-state index contributed by atoms with van der Waals surface area (Å²) in [5.41, 5.74) is 1.14. The second-order valence-electron chi connectivity index (χ2n) is 7.45. The smallest absolute Gasteiger partial charge is 0.407 e. The first-order valence-electron chi connectivity index (χ1n) is 9.42. The second-order valence-corrected chi connectivity index (χ2v) is 7.45. The van der Waals surface area contributed by atoms with Gasteiger partial charge in [-0.15, -0.1) is 24.0 Å². The van der Waals surface area contributed by atoms with Crippen LogP contribution in [0.5, 0.6) is 0 Å².